The number of nitrogens with two attached hydrogens (primary N) is 2. The van der Waals surface area contributed by atoms with E-state index in [2.05, 4.69) is 20.6 Å². The van der Waals surface area contributed by atoms with Gasteiger partial charge in [-0.15, -0.1) is 0 Å². The van der Waals surface area contributed by atoms with E-state index in [9.17, 15) is 0 Å². The van der Waals surface area contributed by atoms with Gasteiger partial charge in [0.1, 0.15) is 0 Å². The number of guanidine groups is 2. The highest BCUT2D eigenvalue weighted by Crippen LogP contribution is 2.31. The van der Waals surface area contributed by atoms with Gasteiger partial charge in [-0.2, -0.15) is 10.5 Å². The van der Waals surface area contributed by atoms with Crippen LogP contribution in [0.2, 0.25) is 0 Å². The van der Waals surface area contributed by atoms with Gasteiger partial charge in [0.05, 0.1) is 31.8 Å². The molecule has 2 saturated heterocycles. The first-order valence-corrected chi connectivity index (χ1v) is 9.43. The van der Waals surface area contributed by atoms with Gasteiger partial charge in [-0.3, -0.25) is 20.6 Å². The van der Waals surface area contributed by atoms with Gasteiger partial charge in [-0.05, 0) is 12.8 Å². The lowest BCUT2D eigenvalue weighted by Crippen LogP contribution is -2.52. The predicted molar refractivity (Wildman–Crippen MR) is 103 cm³/mol. The topological polar surface area (TPSA) is 185 Å². The third-order valence-corrected chi connectivity index (χ3v) is 4.43. The van der Waals surface area contributed by atoms with E-state index < -0.39 is 0 Å². The minimum atomic E-state index is -0.288. The summed E-state index contributed by atoms with van der Waals surface area (Å²) in [5.74, 6) is 0.217. The SMILES string of the molecule is N#CNC(N)=NCCCC1OCC2(CO1)COC(CCCN=C(N)NC#N)OC2. The summed E-state index contributed by atoms with van der Waals surface area (Å²) in [6, 6.07) is 0. The van der Waals surface area contributed by atoms with Crippen molar-refractivity contribution in [1.82, 2.24) is 10.6 Å². The number of rotatable bonds is 8. The summed E-state index contributed by atoms with van der Waals surface area (Å²) in [4.78, 5) is 8.03. The lowest BCUT2D eigenvalue weighted by molar-refractivity contribution is -0.304. The van der Waals surface area contributed by atoms with Crippen molar-refractivity contribution < 1.29 is 18.9 Å². The van der Waals surface area contributed by atoms with Crippen LogP contribution in [0, 0.1) is 28.3 Å². The maximum atomic E-state index is 8.42. The largest absolute Gasteiger partial charge is 0.369 e. The fourth-order valence-electron chi connectivity index (χ4n) is 2.87. The number of hydrogen-bond acceptors (Lipinski definition) is 8. The van der Waals surface area contributed by atoms with E-state index in [0.29, 0.717) is 52.4 Å². The van der Waals surface area contributed by atoms with Crippen LogP contribution in [0.4, 0.5) is 0 Å². The molecule has 12 nitrogen and oxygen atoms in total. The van der Waals surface area contributed by atoms with Crippen LogP contribution in [0.15, 0.2) is 9.98 Å². The maximum absolute atomic E-state index is 8.42. The highest BCUT2D eigenvalue weighted by atomic mass is 16.7. The molecule has 6 N–H and O–H groups in total. The molecule has 0 atom stereocenters. The smallest absolute Gasteiger partial charge is 0.202 e. The van der Waals surface area contributed by atoms with E-state index in [-0.39, 0.29) is 29.9 Å². The number of nitrogens with one attached hydrogen (secondary N) is 2. The van der Waals surface area contributed by atoms with Crippen LogP contribution < -0.4 is 22.1 Å². The Morgan fingerprint density at radius 3 is 1.55 bits per heavy atom. The van der Waals surface area contributed by atoms with Crippen molar-refractivity contribution in [1.29, 1.82) is 10.5 Å². The Morgan fingerprint density at radius 1 is 0.828 bits per heavy atom. The first-order chi connectivity index (χ1) is 14.1. The second-order valence-corrected chi connectivity index (χ2v) is 6.90. The van der Waals surface area contributed by atoms with Crippen molar-refractivity contribution >= 4 is 11.9 Å². The van der Waals surface area contributed by atoms with Gasteiger partial charge in [0.25, 0.3) is 0 Å². The summed E-state index contributed by atoms with van der Waals surface area (Å²) in [5.41, 5.74) is 10.7. The zero-order valence-corrected chi connectivity index (χ0v) is 16.3. The molecule has 2 fully saturated rings. The molecule has 0 aromatic heterocycles. The molecular weight excluding hydrogens is 380 g/mol. The molecule has 2 aliphatic rings. The zero-order chi connectivity index (χ0) is 21.0. The summed E-state index contributed by atoms with van der Waals surface area (Å²) in [5, 5.41) is 21.4. The molecule has 0 radical (unpaired) electrons. The van der Waals surface area contributed by atoms with Crippen molar-refractivity contribution in [3.05, 3.63) is 0 Å². The molecule has 0 aliphatic carbocycles. The molecule has 0 saturated carbocycles. The van der Waals surface area contributed by atoms with Crippen LogP contribution >= 0.6 is 0 Å². The van der Waals surface area contributed by atoms with Gasteiger partial charge >= 0.3 is 0 Å². The molecule has 2 heterocycles. The normalized spacial score (nSPS) is 27.8. The quantitative estimate of drug-likeness (QED) is 0.128. The number of nitrogens with zero attached hydrogens (tertiary/aromatic N) is 4. The van der Waals surface area contributed by atoms with Gasteiger partial charge in [0.15, 0.2) is 25.0 Å². The Balaban J connectivity index is 1.59. The average Bonchev–Trinajstić information content (AvgIpc) is 2.72. The van der Waals surface area contributed by atoms with Gasteiger partial charge in [0, 0.05) is 25.9 Å². The summed E-state index contributed by atoms with van der Waals surface area (Å²) >= 11 is 0. The fourth-order valence-corrected chi connectivity index (χ4v) is 2.87. The van der Waals surface area contributed by atoms with Crippen LogP contribution in [0.3, 0.4) is 0 Å². The second kappa shape index (κ2) is 12.0. The average molecular weight is 408 g/mol. The number of aliphatic imine (C=N–C) groups is 2. The van der Waals surface area contributed by atoms with E-state index in [1.165, 1.54) is 0 Å². The first kappa shape index (κ1) is 22.6. The van der Waals surface area contributed by atoms with Crippen LogP contribution in [-0.4, -0.2) is 64.0 Å². The molecule has 2 aliphatic heterocycles. The monoisotopic (exact) mass is 408 g/mol. The Bertz CT molecular complexity index is 581. The van der Waals surface area contributed by atoms with Gasteiger partial charge < -0.3 is 30.4 Å². The highest BCUT2D eigenvalue weighted by Gasteiger charge is 2.41. The molecule has 12 heteroatoms. The van der Waals surface area contributed by atoms with Crippen LogP contribution in [-0.2, 0) is 18.9 Å². The van der Waals surface area contributed by atoms with E-state index in [4.69, 9.17) is 40.9 Å². The summed E-state index contributed by atoms with van der Waals surface area (Å²) in [6.45, 7) is 3.01. The van der Waals surface area contributed by atoms with Crippen molar-refractivity contribution in [2.75, 3.05) is 39.5 Å². The number of ether oxygens (including phenoxy) is 4. The van der Waals surface area contributed by atoms with Crippen molar-refractivity contribution in [3.63, 3.8) is 0 Å². The second-order valence-electron chi connectivity index (χ2n) is 6.90. The zero-order valence-electron chi connectivity index (χ0n) is 16.3. The molecule has 29 heavy (non-hydrogen) atoms. The van der Waals surface area contributed by atoms with Crippen LogP contribution in [0.1, 0.15) is 25.7 Å². The Kier molecular flexibility index (Phi) is 9.40. The third kappa shape index (κ3) is 8.09. The number of hydrogen-bond donors (Lipinski definition) is 4. The molecular formula is C17H28N8O4. The van der Waals surface area contributed by atoms with E-state index >= 15 is 0 Å². The molecule has 160 valence electrons. The molecule has 0 bridgehead atoms. The molecule has 2 rings (SSSR count). The highest BCUT2D eigenvalue weighted by molar-refractivity contribution is 5.79. The molecule has 0 unspecified atom stereocenters. The maximum Gasteiger partial charge on any atom is 0.202 e. The molecule has 1 spiro atoms. The number of nitriles is 2. The molecule has 0 aromatic rings. The minimum Gasteiger partial charge on any atom is -0.369 e. The summed E-state index contributed by atoms with van der Waals surface area (Å²) < 4.78 is 23.3. The standard InChI is InChI=1S/C17H28N8O4/c18-11-24-15(20)22-5-1-3-13-26-7-17(8-27-13)9-28-14(29-10-17)4-2-6-23-16(21)25-12-19/h13-14H,1-10H2,(H3,20,22,24)(H3,21,23,25). The summed E-state index contributed by atoms with van der Waals surface area (Å²) in [7, 11) is 0. The minimum absolute atomic E-state index is 0.108. The van der Waals surface area contributed by atoms with E-state index in [1.807, 2.05) is 0 Å². The van der Waals surface area contributed by atoms with Gasteiger partial charge in [-0.1, -0.05) is 0 Å². The van der Waals surface area contributed by atoms with Crippen molar-refractivity contribution in [3.8, 4) is 12.4 Å². The fraction of sp³-hybridized carbons (Fsp3) is 0.765. The first-order valence-electron chi connectivity index (χ1n) is 9.43. The lowest BCUT2D eigenvalue weighted by Gasteiger charge is -2.43. The lowest BCUT2D eigenvalue weighted by atomic mass is 9.90. The van der Waals surface area contributed by atoms with Crippen LogP contribution in [0.25, 0.3) is 0 Å². The van der Waals surface area contributed by atoms with E-state index in [1.54, 1.807) is 12.4 Å². The Morgan fingerprint density at radius 2 is 1.21 bits per heavy atom. The Labute approximate surface area is 169 Å². The third-order valence-electron chi connectivity index (χ3n) is 4.43. The molecule has 0 aromatic carbocycles. The van der Waals surface area contributed by atoms with Crippen molar-refractivity contribution in [2.45, 2.75) is 38.3 Å². The predicted octanol–water partition coefficient (Wildman–Crippen LogP) is -0.950. The van der Waals surface area contributed by atoms with Crippen molar-refractivity contribution in [2.24, 2.45) is 26.9 Å². The van der Waals surface area contributed by atoms with Gasteiger partial charge in [-0.25, -0.2) is 0 Å². The van der Waals surface area contributed by atoms with Gasteiger partial charge in [0.2, 0.25) is 11.9 Å². The van der Waals surface area contributed by atoms with Crippen LogP contribution in [0.5, 0.6) is 0 Å². The Hall–Kier alpha value is -2.64. The summed E-state index contributed by atoms with van der Waals surface area (Å²) in [6.07, 6.45) is 5.70. The molecule has 0 amide bonds. The van der Waals surface area contributed by atoms with E-state index in [0.717, 1.165) is 12.8 Å².